The molecule has 0 spiro atoms. The van der Waals surface area contributed by atoms with E-state index in [9.17, 15) is 19.5 Å². The molecule has 4 rings (SSSR count). The molecule has 0 saturated carbocycles. The summed E-state index contributed by atoms with van der Waals surface area (Å²) < 4.78 is 17.3. The van der Waals surface area contributed by atoms with Gasteiger partial charge in [-0.05, 0) is 106 Å². The molecule has 0 fully saturated rings. The molecule has 244 valence electrons. The van der Waals surface area contributed by atoms with Crippen molar-refractivity contribution < 1.29 is 23.9 Å². The standard InChI is InChI=1S/C35H43FN6O4/c1-19(2)12-28(38-34(45)25-10-9-11-42-33(25)39-29(40-42)18-41(7)8)35(46)37-27(17-30(43)44)26-16-24(15-23(6)32(26)36)31-21(4)13-20(3)14-22(31)5/h9-11,13-16,19,27-28H,12,17-18H2,1-8H3,(H,37,46)(H,38,45)(H,43,44)/t27-,28-/m0/s1. The van der Waals surface area contributed by atoms with Crippen LogP contribution < -0.4 is 10.6 Å². The number of fused-ring (bicyclic) bond motifs is 1. The number of carbonyl (C=O) groups excluding carboxylic acids is 2. The molecule has 0 aliphatic carbocycles. The molecule has 2 heterocycles. The number of hydrogen-bond acceptors (Lipinski definition) is 6. The maximum atomic E-state index is 15.8. The summed E-state index contributed by atoms with van der Waals surface area (Å²) in [7, 11) is 3.78. The number of benzene rings is 2. The highest BCUT2D eigenvalue weighted by Gasteiger charge is 2.29. The highest BCUT2D eigenvalue weighted by Crippen LogP contribution is 2.34. The zero-order chi connectivity index (χ0) is 33.9. The average molecular weight is 631 g/mol. The lowest BCUT2D eigenvalue weighted by atomic mass is 9.89. The first-order valence-electron chi connectivity index (χ1n) is 15.3. The molecule has 2 aromatic carbocycles. The zero-order valence-electron chi connectivity index (χ0n) is 27.7. The first-order chi connectivity index (χ1) is 21.6. The van der Waals surface area contributed by atoms with Gasteiger partial charge in [0.1, 0.15) is 11.9 Å². The van der Waals surface area contributed by atoms with E-state index in [1.807, 2.05) is 65.7 Å². The minimum absolute atomic E-state index is 0.000604. The number of carboxylic acid groups (broad SMARTS) is 1. The van der Waals surface area contributed by atoms with Gasteiger partial charge in [0, 0.05) is 11.8 Å². The smallest absolute Gasteiger partial charge is 0.305 e. The van der Waals surface area contributed by atoms with Crippen molar-refractivity contribution in [3.8, 4) is 11.1 Å². The Morgan fingerprint density at radius 3 is 2.28 bits per heavy atom. The second-order valence-electron chi connectivity index (χ2n) is 12.7. The van der Waals surface area contributed by atoms with Crippen LogP contribution in [0, 0.1) is 39.4 Å². The summed E-state index contributed by atoms with van der Waals surface area (Å²) in [5.74, 6) is -2.39. The molecule has 11 heteroatoms. The predicted octanol–water partition coefficient (Wildman–Crippen LogP) is 5.31. The second-order valence-corrected chi connectivity index (χ2v) is 12.7. The van der Waals surface area contributed by atoms with E-state index >= 15 is 4.39 Å². The van der Waals surface area contributed by atoms with E-state index in [4.69, 9.17) is 0 Å². The zero-order valence-corrected chi connectivity index (χ0v) is 27.7. The maximum Gasteiger partial charge on any atom is 0.305 e. The van der Waals surface area contributed by atoms with E-state index in [1.54, 1.807) is 37.4 Å². The van der Waals surface area contributed by atoms with Crippen molar-refractivity contribution >= 4 is 23.4 Å². The number of hydrogen-bond donors (Lipinski definition) is 3. The Morgan fingerprint density at radius 1 is 1.00 bits per heavy atom. The van der Waals surface area contributed by atoms with Crippen LogP contribution in [-0.2, 0) is 16.1 Å². The van der Waals surface area contributed by atoms with Crippen LogP contribution in [-0.4, -0.2) is 62.5 Å². The monoisotopic (exact) mass is 630 g/mol. The summed E-state index contributed by atoms with van der Waals surface area (Å²) in [6, 6.07) is 8.51. The van der Waals surface area contributed by atoms with Crippen LogP contribution in [0.2, 0.25) is 0 Å². The molecule has 0 bridgehead atoms. The number of carbonyl (C=O) groups is 3. The molecular formula is C35H43FN6O4. The van der Waals surface area contributed by atoms with Crippen molar-refractivity contribution in [3.63, 3.8) is 0 Å². The molecule has 4 aromatic rings. The van der Waals surface area contributed by atoms with Gasteiger partial charge in [0.05, 0.1) is 24.6 Å². The molecule has 2 atom stereocenters. The largest absolute Gasteiger partial charge is 0.481 e. The van der Waals surface area contributed by atoms with E-state index in [1.165, 1.54) is 4.52 Å². The topological polar surface area (TPSA) is 129 Å². The summed E-state index contributed by atoms with van der Waals surface area (Å²) in [5.41, 5.74) is 5.75. The fraction of sp³-hybridized carbons (Fsp3) is 0.400. The molecule has 0 saturated heterocycles. The van der Waals surface area contributed by atoms with Crippen LogP contribution in [0.5, 0.6) is 0 Å². The average Bonchev–Trinajstić information content (AvgIpc) is 3.34. The van der Waals surface area contributed by atoms with Gasteiger partial charge in [-0.15, -0.1) is 5.10 Å². The highest BCUT2D eigenvalue weighted by atomic mass is 19.1. The van der Waals surface area contributed by atoms with Gasteiger partial charge < -0.3 is 20.6 Å². The van der Waals surface area contributed by atoms with Crippen LogP contribution >= 0.6 is 0 Å². The highest BCUT2D eigenvalue weighted by molar-refractivity contribution is 6.02. The third-order valence-corrected chi connectivity index (χ3v) is 7.76. The molecule has 0 aliphatic rings. The predicted molar refractivity (Wildman–Crippen MR) is 175 cm³/mol. The van der Waals surface area contributed by atoms with E-state index in [-0.39, 0.29) is 23.5 Å². The Morgan fingerprint density at radius 2 is 1.67 bits per heavy atom. The molecule has 2 amide bonds. The number of halogens is 1. The summed E-state index contributed by atoms with van der Waals surface area (Å²) in [6.45, 7) is 11.9. The summed E-state index contributed by atoms with van der Waals surface area (Å²) >= 11 is 0. The molecule has 10 nitrogen and oxygen atoms in total. The Labute approximate surface area is 269 Å². The Balaban J connectivity index is 1.67. The van der Waals surface area contributed by atoms with E-state index in [0.717, 1.165) is 27.8 Å². The van der Waals surface area contributed by atoms with Gasteiger partial charge in [-0.3, -0.25) is 14.4 Å². The van der Waals surface area contributed by atoms with Crippen molar-refractivity contribution in [1.82, 2.24) is 30.1 Å². The summed E-state index contributed by atoms with van der Waals surface area (Å²) in [4.78, 5) is 45.8. The van der Waals surface area contributed by atoms with Gasteiger partial charge in [-0.2, -0.15) is 0 Å². The Kier molecular flexibility index (Phi) is 10.6. The van der Waals surface area contributed by atoms with Crippen molar-refractivity contribution in [3.05, 3.63) is 87.6 Å². The molecule has 0 aliphatic heterocycles. The number of pyridine rings is 1. The van der Waals surface area contributed by atoms with Crippen molar-refractivity contribution in [2.75, 3.05) is 14.1 Å². The van der Waals surface area contributed by atoms with E-state index in [2.05, 4.69) is 20.7 Å². The van der Waals surface area contributed by atoms with Crippen LogP contribution in [0.15, 0.2) is 42.6 Å². The lowest BCUT2D eigenvalue weighted by Crippen LogP contribution is -2.48. The summed E-state index contributed by atoms with van der Waals surface area (Å²) in [6.07, 6.45) is 1.41. The fourth-order valence-corrected chi connectivity index (χ4v) is 5.93. The number of aromatic nitrogens is 3. The van der Waals surface area contributed by atoms with E-state index < -0.39 is 42.1 Å². The number of carboxylic acids is 1. The molecular weight excluding hydrogens is 587 g/mol. The summed E-state index contributed by atoms with van der Waals surface area (Å²) in [5, 5.41) is 19.8. The molecule has 0 radical (unpaired) electrons. The second kappa shape index (κ2) is 14.2. The third-order valence-electron chi connectivity index (χ3n) is 7.76. The Hall–Kier alpha value is -4.64. The van der Waals surface area contributed by atoms with Crippen LogP contribution in [0.4, 0.5) is 4.39 Å². The fourth-order valence-electron chi connectivity index (χ4n) is 5.93. The van der Waals surface area contributed by atoms with Crippen LogP contribution in [0.25, 0.3) is 16.8 Å². The molecule has 3 N–H and O–H groups in total. The quantitative estimate of drug-likeness (QED) is 0.194. The first-order valence-corrected chi connectivity index (χ1v) is 15.3. The number of nitrogens with one attached hydrogen (secondary N) is 2. The minimum Gasteiger partial charge on any atom is -0.481 e. The SMILES string of the molecule is Cc1cc(C)c(-c2cc(C)c(F)c([C@H](CC(=O)O)NC(=O)[C@H](CC(C)C)NC(=O)c3cccn4nc(CN(C)C)nc34)c2)c(C)c1. The normalized spacial score (nSPS) is 12.8. The number of nitrogens with zero attached hydrogens (tertiary/aromatic N) is 4. The molecule has 46 heavy (non-hydrogen) atoms. The third kappa shape index (κ3) is 7.95. The molecule has 2 aromatic heterocycles. The van der Waals surface area contributed by atoms with E-state index in [0.29, 0.717) is 23.6 Å². The Bertz CT molecular complexity index is 1760. The lowest BCUT2D eigenvalue weighted by Gasteiger charge is -2.25. The van der Waals surface area contributed by atoms with Gasteiger partial charge in [0.15, 0.2) is 11.5 Å². The van der Waals surface area contributed by atoms with Crippen LogP contribution in [0.3, 0.4) is 0 Å². The van der Waals surface area contributed by atoms with Gasteiger partial charge in [-0.25, -0.2) is 13.9 Å². The lowest BCUT2D eigenvalue weighted by molar-refractivity contribution is -0.137. The van der Waals surface area contributed by atoms with Gasteiger partial charge >= 0.3 is 5.97 Å². The minimum atomic E-state index is -1.20. The van der Waals surface area contributed by atoms with Gasteiger partial charge in [-0.1, -0.05) is 31.5 Å². The number of amides is 2. The van der Waals surface area contributed by atoms with Gasteiger partial charge in [0.2, 0.25) is 5.91 Å². The van der Waals surface area contributed by atoms with Gasteiger partial charge in [0.25, 0.3) is 5.91 Å². The maximum absolute atomic E-state index is 15.8. The van der Waals surface area contributed by atoms with Crippen molar-refractivity contribution in [1.29, 1.82) is 0 Å². The number of aliphatic carboxylic acids is 1. The number of aryl methyl sites for hydroxylation is 4. The van der Waals surface area contributed by atoms with Crippen LogP contribution in [0.1, 0.15) is 76.7 Å². The molecule has 0 unspecified atom stereocenters. The van der Waals surface area contributed by atoms with Crippen molar-refractivity contribution in [2.24, 2.45) is 5.92 Å². The first kappa shape index (κ1) is 34.2. The van der Waals surface area contributed by atoms with Crippen molar-refractivity contribution in [2.45, 2.75) is 73.0 Å². The number of rotatable bonds is 12.